The van der Waals surface area contributed by atoms with Gasteiger partial charge in [-0.05, 0) is 18.2 Å². The molecule has 1 heterocycles. The number of methoxy groups -OCH3 is 1. The van der Waals surface area contributed by atoms with Crippen molar-refractivity contribution in [3.8, 4) is 5.75 Å². The zero-order valence-electron chi connectivity index (χ0n) is 12.7. The van der Waals surface area contributed by atoms with E-state index >= 15 is 0 Å². The minimum Gasteiger partial charge on any atom is -0.491 e. The number of benzene rings is 2. The average Bonchev–Trinajstić information content (AvgIpc) is 2.56. The molecule has 6 heteroatoms. The average molecular weight is 316 g/mol. The Bertz CT molecular complexity index is 732. The maximum atomic E-state index is 11.8. The SMILES string of the molecule is COCCOCCOc1ccc2c3c(cccc13)C(=O)OC2=O. The number of hydrogen-bond donors (Lipinski definition) is 0. The van der Waals surface area contributed by atoms with Crippen molar-refractivity contribution in [1.82, 2.24) is 0 Å². The first-order valence-electron chi connectivity index (χ1n) is 7.24. The number of ether oxygens (including phenoxy) is 4. The molecule has 23 heavy (non-hydrogen) atoms. The van der Waals surface area contributed by atoms with Gasteiger partial charge >= 0.3 is 11.9 Å². The molecule has 0 aromatic heterocycles. The summed E-state index contributed by atoms with van der Waals surface area (Å²) in [4.78, 5) is 23.7. The summed E-state index contributed by atoms with van der Waals surface area (Å²) in [5.41, 5.74) is 0.748. The second kappa shape index (κ2) is 6.76. The Labute approximate surface area is 132 Å². The van der Waals surface area contributed by atoms with E-state index in [-0.39, 0.29) is 0 Å². The van der Waals surface area contributed by atoms with Gasteiger partial charge in [0.2, 0.25) is 0 Å². The van der Waals surface area contributed by atoms with Crippen LogP contribution in [0.15, 0.2) is 30.3 Å². The predicted octanol–water partition coefficient (Wildman–Crippen LogP) is 2.19. The molecule has 1 aliphatic heterocycles. The monoisotopic (exact) mass is 316 g/mol. The molecule has 0 unspecified atom stereocenters. The van der Waals surface area contributed by atoms with E-state index in [2.05, 4.69) is 0 Å². The van der Waals surface area contributed by atoms with Gasteiger partial charge in [0.25, 0.3) is 0 Å². The Morgan fingerprint density at radius 1 is 0.913 bits per heavy atom. The van der Waals surface area contributed by atoms with Crippen LogP contribution < -0.4 is 4.74 Å². The Hall–Kier alpha value is -2.44. The lowest BCUT2D eigenvalue weighted by Gasteiger charge is -2.17. The van der Waals surface area contributed by atoms with Crippen LogP contribution in [0.5, 0.6) is 5.75 Å². The molecule has 0 atom stereocenters. The molecular weight excluding hydrogens is 300 g/mol. The minimum absolute atomic E-state index is 0.362. The van der Waals surface area contributed by atoms with E-state index in [1.807, 2.05) is 6.07 Å². The van der Waals surface area contributed by atoms with Crippen LogP contribution in [0, 0.1) is 0 Å². The molecule has 0 N–H and O–H groups in total. The molecule has 2 aromatic carbocycles. The molecule has 0 fully saturated rings. The maximum absolute atomic E-state index is 11.8. The Morgan fingerprint density at radius 2 is 1.65 bits per heavy atom. The minimum atomic E-state index is -0.631. The molecule has 2 aromatic rings. The highest BCUT2D eigenvalue weighted by Crippen LogP contribution is 2.34. The van der Waals surface area contributed by atoms with Crippen LogP contribution in [0.3, 0.4) is 0 Å². The van der Waals surface area contributed by atoms with Gasteiger partial charge in [-0.15, -0.1) is 0 Å². The molecule has 0 radical (unpaired) electrons. The molecule has 0 saturated carbocycles. The summed E-state index contributed by atoms with van der Waals surface area (Å²) in [7, 11) is 1.61. The molecule has 120 valence electrons. The Morgan fingerprint density at radius 3 is 2.43 bits per heavy atom. The van der Waals surface area contributed by atoms with Crippen molar-refractivity contribution in [2.45, 2.75) is 0 Å². The van der Waals surface area contributed by atoms with Gasteiger partial charge in [0.05, 0.1) is 30.9 Å². The van der Waals surface area contributed by atoms with Crippen LogP contribution in [-0.2, 0) is 14.2 Å². The largest absolute Gasteiger partial charge is 0.491 e. The second-order valence-corrected chi connectivity index (χ2v) is 4.97. The van der Waals surface area contributed by atoms with E-state index in [0.29, 0.717) is 54.1 Å². The Kier molecular flexibility index (Phi) is 4.55. The number of cyclic esters (lactones) is 2. The van der Waals surface area contributed by atoms with E-state index in [9.17, 15) is 9.59 Å². The van der Waals surface area contributed by atoms with Gasteiger partial charge in [0.1, 0.15) is 12.4 Å². The summed E-state index contributed by atoms with van der Waals surface area (Å²) in [6.07, 6.45) is 0. The fraction of sp³-hybridized carbons (Fsp3) is 0.294. The van der Waals surface area contributed by atoms with E-state index in [1.165, 1.54) is 0 Å². The third-order valence-corrected chi connectivity index (χ3v) is 3.54. The van der Waals surface area contributed by atoms with Crippen LogP contribution in [0.1, 0.15) is 20.7 Å². The van der Waals surface area contributed by atoms with Gasteiger partial charge < -0.3 is 18.9 Å². The summed E-state index contributed by atoms with van der Waals surface area (Å²) in [5.74, 6) is -0.662. The first kappa shape index (κ1) is 15.5. The lowest BCUT2D eigenvalue weighted by molar-refractivity contribution is 0.0391. The zero-order chi connectivity index (χ0) is 16.2. The molecular formula is C17H16O6. The summed E-state index contributed by atoms with van der Waals surface area (Å²) in [6, 6.07) is 8.50. The molecule has 0 bridgehead atoms. The number of carbonyl (C=O) groups excluding carboxylic acids is 2. The second-order valence-electron chi connectivity index (χ2n) is 4.97. The molecule has 0 amide bonds. The van der Waals surface area contributed by atoms with Crippen LogP contribution in [0.2, 0.25) is 0 Å². The van der Waals surface area contributed by atoms with Crippen molar-refractivity contribution >= 4 is 22.7 Å². The van der Waals surface area contributed by atoms with E-state index in [0.717, 1.165) is 0 Å². The van der Waals surface area contributed by atoms with Crippen molar-refractivity contribution in [3.63, 3.8) is 0 Å². The molecule has 0 saturated heterocycles. The first-order chi connectivity index (χ1) is 11.2. The van der Waals surface area contributed by atoms with Gasteiger partial charge in [-0.25, -0.2) is 9.59 Å². The number of rotatable bonds is 7. The summed E-state index contributed by atoms with van der Waals surface area (Å²) < 4.78 is 20.7. The molecule has 1 aliphatic rings. The molecule has 6 nitrogen and oxygen atoms in total. The summed E-state index contributed by atoms with van der Waals surface area (Å²) >= 11 is 0. The van der Waals surface area contributed by atoms with E-state index < -0.39 is 11.9 Å². The van der Waals surface area contributed by atoms with Crippen molar-refractivity contribution in [2.24, 2.45) is 0 Å². The fourth-order valence-electron chi connectivity index (χ4n) is 2.50. The highest BCUT2D eigenvalue weighted by atomic mass is 16.6. The van der Waals surface area contributed by atoms with Crippen LogP contribution >= 0.6 is 0 Å². The highest BCUT2D eigenvalue weighted by Gasteiger charge is 2.28. The Balaban J connectivity index is 1.82. The number of esters is 2. The van der Waals surface area contributed by atoms with Gasteiger partial charge in [0, 0.05) is 17.9 Å². The molecule has 3 rings (SSSR count). The lowest BCUT2D eigenvalue weighted by atomic mass is 9.97. The van der Waals surface area contributed by atoms with Gasteiger partial charge in [0.15, 0.2) is 0 Å². The topological polar surface area (TPSA) is 71.1 Å². The number of carbonyl (C=O) groups is 2. The van der Waals surface area contributed by atoms with Crippen molar-refractivity contribution in [1.29, 1.82) is 0 Å². The zero-order valence-corrected chi connectivity index (χ0v) is 12.7. The van der Waals surface area contributed by atoms with E-state index in [4.69, 9.17) is 18.9 Å². The summed E-state index contributed by atoms with van der Waals surface area (Å²) in [5, 5.41) is 1.29. The predicted molar refractivity (Wildman–Crippen MR) is 81.9 cm³/mol. The molecule has 0 aliphatic carbocycles. The van der Waals surface area contributed by atoms with Crippen LogP contribution in [-0.4, -0.2) is 45.5 Å². The lowest BCUT2D eigenvalue weighted by Crippen LogP contribution is -2.19. The van der Waals surface area contributed by atoms with Gasteiger partial charge in [-0.1, -0.05) is 12.1 Å². The van der Waals surface area contributed by atoms with Gasteiger partial charge in [-0.3, -0.25) is 0 Å². The van der Waals surface area contributed by atoms with Gasteiger partial charge in [-0.2, -0.15) is 0 Å². The first-order valence-corrected chi connectivity index (χ1v) is 7.24. The van der Waals surface area contributed by atoms with Crippen molar-refractivity contribution < 1.29 is 28.5 Å². The molecule has 0 spiro atoms. The number of hydrogen-bond acceptors (Lipinski definition) is 6. The standard InChI is InChI=1S/C17H16O6/c1-20-7-8-21-9-10-22-14-6-5-13-15-11(14)3-2-4-12(15)16(18)23-17(13)19/h2-6H,7-10H2,1H3. The fourth-order valence-corrected chi connectivity index (χ4v) is 2.50. The third-order valence-electron chi connectivity index (χ3n) is 3.54. The summed E-state index contributed by atoms with van der Waals surface area (Å²) in [6.45, 7) is 1.82. The van der Waals surface area contributed by atoms with Crippen LogP contribution in [0.4, 0.5) is 0 Å². The maximum Gasteiger partial charge on any atom is 0.346 e. The van der Waals surface area contributed by atoms with Crippen LogP contribution in [0.25, 0.3) is 10.8 Å². The normalized spacial score (nSPS) is 13.3. The smallest absolute Gasteiger partial charge is 0.346 e. The van der Waals surface area contributed by atoms with Crippen molar-refractivity contribution in [3.05, 3.63) is 41.5 Å². The third kappa shape index (κ3) is 3.04. The van der Waals surface area contributed by atoms with Crippen molar-refractivity contribution in [2.75, 3.05) is 33.5 Å². The highest BCUT2D eigenvalue weighted by molar-refractivity contribution is 6.21. The van der Waals surface area contributed by atoms with E-state index in [1.54, 1.807) is 31.4 Å². The quantitative estimate of drug-likeness (QED) is 0.443.